The molecule has 0 amide bonds. The lowest BCUT2D eigenvalue weighted by Crippen LogP contribution is -1.91. The van der Waals surface area contributed by atoms with Crippen molar-refractivity contribution in [2.45, 2.75) is 6.92 Å². The lowest BCUT2D eigenvalue weighted by Gasteiger charge is -1.98. The van der Waals surface area contributed by atoms with Crippen LogP contribution in [-0.4, -0.2) is 10.2 Å². The zero-order chi connectivity index (χ0) is 12.8. The maximum atomic E-state index is 8.65. The first kappa shape index (κ1) is 12.7. The van der Waals surface area contributed by atoms with Gasteiger partial charge in [-0.15, -0.1) is 0 Å². The molecule has 0 aliphatic carbocycles. The summed E-state index contributed by atoms with van der Waals surface area (Å²) in [5, 5.41) is 17.3. The zero-order valence-corrected chi connectivity index (χ0v) is 9.59. The summed E-state index contributed by atoms with van der Waals surface area (Å²) in [6, 6.07) is 11.3. The third kappa shape index (κ3) is 4.34. The van der Waals surface area contributed by atoms with Crippen molar-refractivity contribution in [3.8, 4) is 11.5 Å². The number of nitrogens with two attached hydrogens (primary N) is 2. The number of rotatable bonds is 0. The summed E-state index contributed by atoms with van der Waals surface area (Å²) in [6.07, 6.45) is 0. The van der Waals surface area contributed by atoms with Gasteiger partial charge in [-0.2, -0.15) is 0 Å². The minimum Gasteiger partial charge on any atom is -0.508 e. The Morgan fingerprint density at radius 3 is 1.82 bits per heavy atom. The molecule has 0 spiro atoms. The van der Waals surface area contributed by atoms with Crippen LogP contribution in [0.15, 0.2) is 42.5 Å². The Bertz CT molecular complexity index is 481. The fourth-order valence-electron chi connectivity index (χ4n) is 1.19. The molecule has 0 aliphatic heterocycles. The van der Waals surface area contributed by atoms with E-state index in [0.717, 1.165) is 16.9 Å². The maximum absolute atomic E-state index is 8.65. The monoisotopic (exact) mass is 232 g/mol. The number of aryl methyl sites for hydroxylation is 1. The second-order valence-electron chi connectivity index (χ2n) is 3.64. The Morgan fingerprint density at radius 2 is 1.47 bits per heavy atom. The molecule has 2 aromatic rings. The van der Waals surface area contributed by atoms with Crippen molar-refractivity contribution in [2.75, 3.05) is 11.5 Å². The van der Waals surface area contributed by atoms with Gasteiger partial charge in [0.15, 0.2) is 0 Å². The molecule has 2 rings (SSSR count). The molecule has 0 radical (unpaired) electrons. The minimum atomic E-state index is 0.0880. The molecule has 0 bridgehead atoms. The molecule has 6 N–H and O–H groups in total. The second-order valence-corrected chi connectivity index (χ2v) is 3.64. The van der Waals surface area contributed by atoms with E-state index in [1.54, 1.807) is 12.1 Å². The number of benzene rings is 2. The second kappa shape index (κ2) is 5.65. The van der Waals surface area contributed by atoms with Gasteiger partial charge in [-0.05, 0) is 42.8 Å². The fourth-order valence-corrected chi connectivity index (χ4v) is 1.19. The van der Waals surface area contributed by atoms with E-state index in [4.69, 9.17) is 21.7 Å². The summed E-state index contributed by atoms with van der Waals surface area (Å²) >= 11 is 0. The molecular formula is C13H16N2O2. The molecule has 0 atom stereocenters. The van der Waals surface area contributed by atoms with Crippen molar-refractivity contribution in [1.29, 1.82) is 0 Å². The van der Waals surface area contributed by atoms with Gasteiger partial charge in [0.25, 0.3) is 0 Å². The zero-order valence-electron chi connectivity index (χ0n) is 9.59. The largest absolute Gasteiger partial charge is 0.508 e. The Morgan fingerprint density at radius 1 is 0.882 bits per heavy atom. The standard InChI is InChI=1S/C7H10N2.C6H6O2/c1-5-4-6(8)2-3-7(5)9;7-5-2-1-3-6(8)4-5/h2-4H,8-9H2,1H3;1-4,7-8H. The van der Waals surface area contributed by atoms with Crippen molar-refractivity contribution in [2.24, 2.45) is 0 Å². The summed E-state index contributed by atoms with van der Waals surface area (Å²) < 4.78 is 0. The van der Waals surface area contributed by atoms with Crippen molar-refractivity contribution in [1.82, 2.24) is 0 Å². The van der Waals surface area contributed by atoms with E-state index in [1.807, 2.05) is 19.1 Å². The lowest BCUT2D eigenvalue weighted by molar-refractivity contribution is 0.450. The molecule has 90 valence electrons. The Balaban J connectivity index is 0.000000171. The molecule has 0 saturated heterocycles. The van der Waals surface area contributed by atoms with Gasteiger partial charge in [-0.1, -0.05) is 6.07 Å². The smallest absolute Gasteiger partial charge is 0.119 e. The first-order valence-corrected chi connectivity index (χ1v) is 5.08. The van der Waals surface area contributed by atoms with Gasteiger partial charge in [0.1, 0.15) is 11.5 Å². The summed E-state index contributed by atoms with van der Waals surface area (Å²) in [6.45, 7) is 1.94. The van der Waals surface area contributed by atoms with Crippen molar-refractivity contribution in [3.05, 3.63) is 48.0 Å². The van der Waals surface area contributed by atoms with Gasteiger partial charge in [0.05, 0.1) is 0 Å². The van der Waals surface area contributed by atoms with E-state index >= 15 is 0 Å². The molecule has 17 heavy (non-hydrogen) atoms. The Hall–Kier alpha value is -2.36. The summed E-state index contributed by atoms with van der Waals surface area (Å²) in [5.41, 5.74) is 13.6. The number of aromatic hydroxyl groups is 2. The van der Waals surface area contributed by atoms with E-state index < -0.39 is 0 Å². The van der Waals surface area contributed by atoms with Gasteiger partial charge in [-0.3, -0.25) is 0 Å². The number of phenolic OH excluding ortho intramolecular Hbond substituents is 2. The predicted molar refractivity (Wildman–Crippen MR) is 69.8 cm³/mol. The molecule has 0 heterocycles. The number of hydrogen-bond acceptors (Lipinski definition) is 4. The first-order chi connectivity index (χ1) is 7.99. The SMILES string of the molecule is Cc1cc(N)ccc1N.Oc1cccc(O)c1. The summed E-state index contributed by atoms with van der Waals surface area (Å²) in [4.78, 5) is 0. The molecule has 0 aliphatic rings. The average Bonchev–Trinajstić information content (AvgIpc) is 2.24. The number of phenols is 2. The first-order valence-electron chi connectivity index (χ1n) is 5.08. The van der Waals surface area contributed by atoms with Crippen LogP contribution in [-0.2, 0) is 0 Å². The van der Waals surface area contributed by atoms with Crippen LogP contribution in [0.25, 0.3) is 0 Å². The van der Waals surface area contributed by atoms with Crippen LogP contribution in [0, 0.1) is 6.92 Å². The Labute approximate surface area is 100 Å². The number of nitrogen functional groups attached to an aromatic ring is 2. The molecule has 2 aromatic carbocycles. The highest BCUT2D eigenvalue weighted by Gasteiger charge is 1.90. The van der Waals surface area contributed by atoms with E-state index in [1.165, 1.54) is 18.2 Å². The van der Waals surface area contributed by atoms with Crippen LogP contribution < -0.4 is 11.5 Å². The molecule has 4 nitrogen and oxygen atoms in total. The van der Waals surface area contributed by atoms with Gasteiger partial charge in [-0.25, -0.2) is 0 Å². The van der Waals surface area contributed by atoms with Crippen LogP contribution in [0.3, 0.4) is 0 Å². The van der Waals surface area contributed by atoms with Gasteiger partial charge < -0.3 is 21.7 Å². The lowest BCUT2D eigenvalue weighted by atomic mass is 10.2. The quantitative estimate of drug-likeness (QED) is 0.524. The number of hydrogen-bond donors (Lipinski definition) is 4. The van der Waals surface area contributed by atoms with Crippen molar-refractivity contribution >= 4 is 11.4 Å². The van der Waals surface area contributed by atoms with Gasteiger partial charge in [0, 0.05) is 17.4 Å². The van der Waals surface area contributed by atoms with Crippen molar-refractivity contribution < 1.29 is 10.2 Å². The van der Waals surface area contributed by atoms with E-state index in [0.29, 0.717) is 0 Å². The Kier molecular flexibility index (Phi) is 4.22. The van der Waals surface area contributed by atoms with Gasteiger partial charge in [0.2, 0.25) is 0 Å². The van der Waals surface area contributed by atoms with Gasteiger partial charge >= 0.3 is 0 Å². The summed E-state index contributed by atoms with van der Waals surface area (Å²) in [5.74, 6) is 0.176. The summed E-state index contributed by atoms with van der Waals surface area (Å²) in [7, 11) is 0. The third-order valence-corrected chi connectivity index (χ3v) is 2.12. The third-order valence-electron chi connectivity index (χ3n) is 2.12. The van der Waals surface area contributed by atoms with Crippen LogP contribution in [0.2, 0.25) is 0 Å². The molecule has 0 fully saturated rings. The van der Waals surface area contributed by atoms with Crippen LogP contribution in [0.5, 0.6) is 11.5 Å². The molecule has 0 unspecified atom stereocenters. The predicted octanol–water partition coefficient (Wildman–Crippen LogP) is 2.26. The van der Waals surface area contributed by atoms with Crippen LogP contribution in [0.1, 0.15) is 5.56 Å². The van der Waals surface area contributed by atoms with E-state index in [2.05, 4.69) is 0 Å². The van der Waals surface area contributed by atoms with Crippen LogP contribution in [0.4, 0.5) is 11.4 Å². The topological polar surface area (TPSA) is 92.5 Å². The molecule has 0 saturated carbocycles. The molecule has 4 heteroatoms. The highest BCUT2D eigenvalue weighted by molar-refractivity contribution is 5.54. The molecular weight excluding hydrogens is 216 g/mol. The van der Waals surface area contributed by atoms with Crippen LogP contribution >= 0.6 is 0 Å². The van der Waals surface area contributed by atoms with E-state index in [9.17, 15) is 0 Å². The molecule has 0 aromatic heterocycles. The average molecular weight is 232 g/mol. The maximum Gasteiger partial charge on any atom is 0.119 e. The number of anilines is 2. The van der Waals surface area contributed by atoms with E-state index in [-0.39, 0.29) is 11.5 Å². The highest BCUT2D eigenvalue weighted by atomic mass is 16.3. The fraction of sp³-hybridized carbons (Fsp3) is 0.0769. The minimum absolute atomic E-state index is 0.0880. The normalized spacial score (nSPS) is 9.24. The van der Waals surface area contributed by atoms with Crippen molar-refractivity contribution in [3.63, 3.8) is 0 Å². The highest BCUT2D eigenvalue weighted by Crippen LogP contribution is 2.15.